The van der Waals surface area contributed by atoms with Gasteiger partial charge in [0.05, 0.1) is 79.8 Å². The largest absolute Gasteiger partial charge is 0.494 e. The minimum absolute atomic E-state index is 0.00255. The maximum atomic E-state index is 13.5. The summed E-state index contributed by atoms with van der Waals surface area (Å²) in [5.74, 6) is -3.81. The van der Waals surface area contributed by atoms with Gasteiger partial charge in [-0.2, -0.15) is 9.13 Å². The number of nitrogens with zero attached hydrogens (tertiary/aromatic N) is 4. The van der Waals surface area contributed by atoms with Gasteiger partial charge in [-0.3, -0.25) is 74.6 Å². The Morgan fingerprint density at radius 3 is 1.65 bits per heavy atom. The second-order valence-electron chi connectivity index (χ2n) is 22.2. The molecule has 2 saturated heterocycles. The highest BCUT2D eigenvalue weighted by atomic mass is 32.2. The molecule has 8 rings (SSSR count). The Morgan fingerprint density at radius 1 is 0.541 bits per heavy atom. The summed E-state index contributed by atoms with van der Waals surface area (Å²) >= 11 is 0. The molecule has 0 unspecified atom stereocenters. The van der Waals surface area contributed by atoms with E-state index in [0.717, 1.165) is 44.8 Å². The fourth-order valence-corrected chi connectivity index (χ4v) is 12.0. The number of benzene rings is 4. The van der Waals surface area contributed by atoms with E-state index in [2.05, 4.69) is 73.0 Å². The number of methoxy groups -OCH3 is 2. The molecule has 2 aliphatic heterocycles. The van der Waals surface area contributed by atoms with Crippen LogP contribution in [0.2, 0.25) is 0 Å². The molecule has 32 nitrogen and oxygen atoms in total. The first-order valence-electron chi connectivity index (χ1n) is 31.6. The lowest BCUT2D eigenvalue weighted by atomic mass is 10.2. The van der Waals surface area contributed by atoms with Crippen LogP contribution in [0.3, 0.4) is 0 Å². The Labute approximate surface area is 568 Å². The molecule has 34 heteroatoms. The zero-order valence-corrected chi connectivity index (χ0v) is 56.0. The first kappa shape index (κ1) is 74.0. The number of hydrogen-bond donors (Lipinski definition) is 12. The van der Waals surface area contributed by atoms with Crippen molar-refractivity contribution in [2.45, 2.75) is 55.4 Å². The lowest BCUT2D eigenvalue weighted by Gasteiger charge is -2.26. The number of carbonyl (C=O) groups is 6. The molecule has 4 aromatic carbocycles. The van der Waals surface area contributed by atoms with Gasteiger partial charge < -0.3 is 50.3 Å². The number of pyridine rings is 2. The van der Waals surface area contributed by atoms with Crippen LogP contribution in [-0.4, -0.2) is 175 Å². The van der Waals surface area contributed by atoms with Gasteiger partial charge in [-0.15, -0.1) is 0 Å². The normalized spacial score (nSPS) is 13.4. The molecule has 0 atom stereocenters. The molecule has 0 bridgehead atoms. The zero-order chi connectivity index (χ0) is 69.5. The summed E-state index contributed by atoms with van der Waals surface area (Å²) in [6.45, 7) is 9.25. The minimum Gasteiger partial charge on any atom is -0.494 e. The van der Waals surface area contributed by atoms with Crippen LogP contribution in [0.25, 0.3) is 0 Å². The van der Waals surface area contributed by atoms with Gasteiger partial charge in [0.15, 0.2) is 24.8 Å². The SMILES string of the molecule is COc1cc(NS(=O)(=O)c2cccc(NCOC[n+]3cccc(C(=O)NCCCCNOCc4ccc[n+](CC(=O)Nc5cccc(S(=O)(=O)Nc6ccc(NNC(=O)C(=O)NCCCN7CCOCC7)c(OC)c6)c5)c4)c3)c2)ccc1NNC(=O)C(=O)NCCCN1CCOCC1. The van der Waals surface area contributed by atoms with E-state index in [1.807, 2.05) is 6.07 Å². The van der Waals surface area contributed by atoms with Crippen LogP contribution in [-0.2, 0) is 82.9 Å². The molecule has 2 fully saturated rings. The van der Waals surface area contributed by atoms with Crippen molar-refractivity contribution in [1.82, 2.24) is 42.1 Å². The topological polar surface area (TPSA) is 385 Å². The predicted octanol–water partition coefficient (Wildman–Crippen LogP) is 1.36. The summed E-state index contributed by atoms with van der Waals surface area (Å²) in [5.41, 5.74) is 15.6. The van der Waals surface area contributed by atoms with Gasteiger partial charge in [0.1, 0.15) is 23.8 Å². The van der Waals surface area contributed by atoms with E-state index < -0.39 is 49.6 Å². The van der Waals surface area contributed by atoms with Crippen LogP contribution in [0, 0.1) is 0 Å². The smallest absolute Gasteiger partial charge is 0.327 e. The molecule has 4 heterocycles. The number of hydrazine groups is 2. The van der Waals surface area contributed by atoms with Gasteiger partial charge in [0, 0.05) is 93.6 Å². The van der Waals surface area contributed by atoms with Crippen LogP contribution >= 0.6 is 0 Å². The molecule has 526 valence electrons. The summed E-state index contributed by atoms with van der Waals surface area (Å²) < 4.78 is 89.6. The molecule has 0 radical (unpaired) electrons. The predicted molar refractivity (Wildman–Crippen MR) is 360 cm³/mol. The van der Waals surface area contributed by atoms with Crippen LogP contribution < -0.4 is 81.8 Å². The average Bonchev–Trinajstić information content (AvgIpc) is 0.829. The summed E-state index contributed by atoms with van der Waals surface area (Å²) in [7, 11) is -5.52. The van der Waals surface area contributed by atoms with Crippen molar-refractivity contribution in [2.24, 2.45) is 0 Å². The number of anilines is 6. The van der Waals surface area contributed by atoms with Crippen LogP contribution in [0.4, 0.5) is 34.1 Å². The lowest BCUT2D eigenvalue weighted by Crippen LogP contribution is -2.43. The Balaban J connectivity index is 0.674. The molecule has 0 aliphatic carbocycles. The number of sulfonamides is 2. The molecule has 2 aliphatic rings. The molecular weight excluding hydrogens is 1310 g/mol. The van der Waals surface area contributed by atoms with Gasteiger partial charge in [0.2, 0.25) is 6.54 Å². The van der Waals surface area contributed by atoms with Gasteiger partial charge >= 0.3 is 23.6 Å². The van der Waals surface area contributed by atoms with Crippen molar-refractivity contribution in [3.63, 3.8) is 0 Å². The molecule has 12 N–H and O–H groups in total. The lowest BCUT2D eigenvalue weighted by molar-refractivity contribution is -0.732. The highest BCUT2D eigenvalue weighted by Crippen LogP contribution is 2.31. The highest BCUT2D eigenvalue weighted by molar-refractivity contribution is 7.93. The van der Waals surface area contributed by atoms with Crippen molar-refractivity contribution in [3.05, 3.63) is 145 Å². The number of rotatable bonds is 37. The molecule has 98 heavy (non-hydrogen) atoms. The molecule has 2 aromatic heterocycles. The highest BCUT2D eigenvalue weighted by Gasteiger charge is 2.22. The number of hydrogen-bond acceptors (Lipinski definition) is 22. The third-order valence-electron chi connectivity index (χ3n) is 14.9. The van der Waals surface area contributed by atoms with Crippen molar-refractivity contribution < 1.29 is 83.3 Å². The van der Waals surface area contributed by atoms with E-state index in [1.165, 1.54) is 80.9 Å². The number of amides is 6. The minimum atomic E-state index is -4.17. The van der Waals surface area contributed by atoms with Crippen LogP contribution in [0.5, 0.6) is 11.5 Å². The number of hydroxylamine groups is 1. The van der Waals surface area contributed by atoms with Crippen molar-refractivity contribution in [2.75, 3.05) is 144 Å². The van der Waals surface area contributed by atoms with E-state index in [9.17, 15) is 45.6 Å². The summed E-state index contributed by atoms with van der Waals surface area (Å²) in [5, 5.41) is 13.9. The number of morpholine rings is 2. The molecule has 6 aromatic rings. The number of unbranched alkanes of at least 4 members (excludes halogenated alkanes) is 1. The first-order valence-corrected chi connectivity index (χ1v) is 34.5. The van der Waals surface area contributed by atoms with Crippen molar-refractivity contribution in [3.8, 4) is 11.5 Å². The van der Waals surface area contributed by atoms with Crippen molar-refractivity contribution in [1.29, 1.82) is 0 Å². The summed E-state index contributed by atoms with van der Waals surface area (Å²) in [4.78, 5) is 85.7. The standard InChI is InChI=1S/C64H82N16O16S2/c1-91-57-39-51(17-19-55(57)71-73-63(85)61(83)66-22-9-27-77-29-33-93-34-30-77)75-97(87,88)53-15-5-13-49(37-53)68-45-95-46-80-26-8-12-48(42-80)60(82)65-21-3-4-24-69-96-44-47-11-7-25-79(41-47)43-59(81)70-50-14-6-16-54(38-50)98(89,90)76-52-18-20-56(58(40-52)92-2)72-74-64(86)62(84)67-23-10-28-78-31-35-94-36-32-78/h5-8,11-20,25-26,37-42,68-69H,3-4,9-10,21-24,27-36,43-46H2,1-2H3,(H8-2,65,66,67,70,71,72,73,74,75,76,81,82,83,84,85,86)/p+2. The van der Waals surface area contributed by atoms with E-state index in [-0.39, 0.29) is 82.2 Å². The van der Waals surface area contributed by atoms with E-state index in [4.69, 9.17) is 28.5 Å². The Hall–Kier alpha value is -9.78. The number of nitrogens with one attached hydrogen (secondary N) is 12. The molecule has 0 spiro atoms. The zero-order valence-electron chi connectivity index (χ0n) is 54.4. The van der Waals surface area contributed by atoms with E-state index in [0.29, 0.717) is 89.5 Å². The maximum Gasteiger partial charge on any atom is 0.327 e. The maximum absolute atomic E-state index is 13.5. The second kappa shape index (κ2) is 38.2. The Morgan fingerprint density at radius 2 is 1.07 bits per heavy atom. The summed E-state index contributed by atoms with van der Waals surface area (Å²) in [6.07, 6.45) is 9.53. The average molecular weight is 1400 g/mol. The molecule has 6 amide bonds. The van der Waals surface area contributed by atoms with Crippen LogP contribution in [0.1, 0.15) is 41.6 Å². The van der Waals surface area contributed by atoms with Crippen molar-refractivity contribution >= 4 is 89.6 Å². The molecule has 0 saturated carbocycles. The fraction of sp³-hybridized carbons (Fsp3) is 0.375. The van der Waals surface area contributed by atoms with E-state index in [1.54, 1.807) is 70.3 Å². The monoisotopic (exact) mass is 1400 g/mol. The van der Waals surface area contributed by atoms with Gasteiger partial charge in [-0.05, 0) is 112 Å². The van der Waals surface area contributed by atoms with Gasteiger partial charge in [-0.25, -0.2) is 22.3 Å². The van der Waals surface area contributed by atoms with Gasteiger partial charge in [0.25, 0.3) is 38.6 Å². The third-order valence-corrected chi connectivity index (χ3v) is 17.7. The third kappa shape index (κ3) is 24.4. The fourth-order valence-electron chi connectivity index (χ4n) is 9.82. The Bertz CT molecular complexity index is 3900. The molecular formula is C64H84N16O16S2+2. The summed E-state index contributed by atoms with van der Waals surface area (Å²) in [6, 6.07) is 27.6. The van der Waals surface area contributed by atoms with Gasteiger partial charge in [-0.1, -0.05) is 12.1 Å². The second-order valence-corrected chi connectivity index (χ2v) is 25.6. The quantitative estimate of drug-likeness (QED) is 0.00861. The Kier molecular flexibility index (Phi) is 28.9. The number of ether oxygens (including phenoxy) is 5. The first-order chi connectivity index (χ1) is 47.4. The number of aromatic nitrogens is 2. The van der Waals surface area contributed by atoms with E-state index >= 15 is 0 Å². The van der Waals surface area contributed by atoms with Crippen LogP contribution in [0.15, 0.2) is 144 Å². The number of carbonyl (C=O) groups excluding carboxylic acids is 6.